The molecule has 1 aliphatic rings. The van der Waals surface area contributed by atoms with Gasteiger partial charge in [0.1, 0.15) is 0 Å². The molecule has 1 aliphatic heterocycles. The quantitative estimate of drug-likeness (QED) is 0.645. The summed E-state index contributed by atoms with van der Waals surface area (Å²) in [5.74, 6) is -0.383. The van der Waals surface area contributed by atoms with Gasteiger partial charge in [0.2, 0.25) is 5.91 Å². The summed E-state index contributed by atoms with van der Waals surface area (Å²) in [6, 6.07) is 17.4. The van der Waals surface area contributed by atoms with Gasteiger partial charge in [-0.3, -0.25) is 9.59 Å². The number of nitrogens with one attached hydrogen (secondary N) is 2. The molecular formula is C23H25N3O3S. The number of ether oxygens (including phenoxy) is 1. The van der Waals surface area contributed by atoms with Gasteiger partial charge in [0, 0.05) is 12.2 Å². The van der Waals surface area contributed by atoms with Crippen LogP contribution in [-0.2, 0) is 20.9 Å². The van der Waals surface area contributed by atoms with Crippen LogP contribution < -0.4 is 10.6 Å². The van der Waals surface area contributed by atoms with Crippen molar-refractivity contribution in [3.05, 3.63) is 71.9 Å². The molecule has 2 N–H and O–H groups in total. The Kier molecular flexibility index (Phi) is 7.68. The first-order chi connectivity index (χ1) is 14.5. The van der Waals surface area contributed by atoms with Crippen molar-refractivity contribution in [2.75, 3.05) is 11.9 Å². The molecule has 156 valence electrons. The van der Waals surface area contributed by atoms with E-state index in [0.717, 1.165) is 16.9 Å². The topological polar surface area (TPSA) is 79.8 Å². The van der Waals surface area contributed by atoms with Crippen molar-refractivity contribution >= 4 is 40.1 Å². The van der Waals surface area contributed by atoms with Crippen LogP contribution in [0.5, 0.6) is 0 Å². The lowest BCUT2D eigenvalue weighted by molar-refractivity contribution is -0.142. The molecule has 0 bridgehead atoms. The van der Waals surface area contributed by atoms with Crippen LogP contribution >= 0.6 is 11.8 Å². The molecule has 0 spiro atoms. The number of anilines is 1. The van der Waals surface area contributed by atoms with E-state index in [4.69, 9.17) is 9.73 Å². The molecule has 2 aromatic rings. The third-order valence-electron chi connectivity index (χ3n) is 4.34. The summed E-state index contributed by atoms with van der Waals surface area (Å²) in [7, 11) is 0. The zero-order chi connectivity index (χ0) is 21.3. The maximum Gasteiger partial charge on any atom is 0.311 e. The number of thioether (sulfide) groups is 1. The van der Waals surface area contributed by atoms with E-state index in [1.54, 1.807) is 6.92 Å². The van der Waals surface area contributed by atoms with Crippen molar-refractivity contribution in [1.82, 2.24) is 5.32 Å². The van der Waals surface area contributed by atoms with Gasteiger partial charge in [-0.1, -0.05) is 54.2 Å². The minimum absolute atomic E-state index is 0.0719. The number of hydrogen-bond donors (Lipinski definition) is 2. The molecule has 3 rings (SSSR count). The lowest BCUT2D eigenvalue weighted by Gasteiger charge is -2.12. The maximum absolute atomic E-state index is 12.6. The van der Waals surface area contributed by atoms with Crippen molar-refractivity contribution in [2.24, 2.45) is 4.99 Å². The normalized spacial score (nSPS) is 13.7. The monoisotopic (exact) mass is 423 g/mol. The highest BCUT2D eigenvalue weighted by atomic mass is 32.2. The molecule has 7 heteroatoms. The van der Waals surface area contributed by atoms with Gasteiger partial charge >= 0.3 is 5.97 Å². The van der Waals surface area contributed by atoms with Gasteiger partial charge in [0.05, 0.1) is 34.7 Å². The molecule has 0 fully saturated rings. The zero-order valence-corrected chi connectivity index (χ0v) is 17.9. The van der Waals surface area contributed by atoms with E-state index < -0.39 is 0 Å². The molecule has 1 atom stereocenters. The SMILES string of the molecule is CCOC(=O)CC1=CC(S[C@@H](C)C(=O)NCc2ccccc2)=Nc2ccccc2N1. The maximum atomic E-state index is 12.6. The van der Waals surface area contributed by atoms with Gasteiger partial charge in [-0.15, -0.1) is 0 Å². The fourth-order valence-electron chi connectivity index (χ4n) is 2.87. The van der Waals surface area contributed by atoms with Gasteiger partial charge < -0.3 is 15.4 Å². The van der Waals surface area contributed by atoms with E-state index in [-0.39, 0.29) is 23.5 Å². The highest BCUT2D eigenvalue weighted by Gasteiger charge is 2.19. The van der Waals surface area contributed by atoms with Crippen LogP contribution in [-0.4, -0.2) is 28.8 Å². The van der Waals surface area contributed by atoms with E-state index in [2.05, 4.69) is 10.6 Å². The van der Waals surface area contributed by atoms with Crippen molar-refractivity contribution in [1.29, 1.82) is 0 Å². The number of carbonyl (C=O) groups is 2. The number of esters is 1. The van der Waals surface area contributed by atoms with E-state index in [1.807, 2.05) is 67.6 Å². The number of carbonyl (C=O) groups excluding carboxylic acids is 2. The zero-order valence-electron chi connectivity index (χ0n) is 17.1. The van der Waals surface area contributed by atoms with Crippen LogP contribution in [0.1, 0.15) is 25.8 Å². The summed E-state index contributed by atoms with van der Waals surface area (Å²) in [6.07, 6.45) is 1.92. The fraction of sp³-hybridized carbons (Fsp3) is 0.261. The number of benzene rings is 2. The minimum Gasteiger partial charge on any atom is -0.466 e. The van der Waals surface area contributed by atoms with Crippen LogP contribution in [0, 0.1) is 0 Å². The first-order valence-electron chi connectivity index (χ1n) is 9.84. The number of amides is 1. The van der Waals surface area contributed by atoms with E-state index in [1.165, 1.54) is 11.8 Å². The third kappa shape index (κ3) is 6.22. The molecule has 6 nitrogen and oxygen atoms in total. The van der Waals surface area contributed by atoms with E-state index in [9.17, 15) is 9.59 Å². The Morgan fingerprint density at radius 3 is 2.63 bits per heavy atom. The van der Waals surface area contributed by atoms with Gasteiger partial charge in [-0.25, -0.2) is 4.99 Å². The molecular weight excluding hydrogens is 398 g/mol. The Bertz CT molecular complexity index is 957. The van der Waals surface area contributed by atoms with Crippen molar-refractivity contribution in [3.63, 3.8) is 0 Å². The second kappa shape index (κ2) is 10.6. The molecule has 1 heterocycles. The molecule has 0 unspecified atom stereocenters. The van der Waals surface area contributed by atoms with Gasteiger partial charge in [0.25, 0.3) is 0 Å². The van der Waals surface area contributed by atoms with E-state index >= 15 is 0 Å². The van der Waals surface area contributed by atoms with Crippen molar-refractivity contribution < 1.29 is 14.3 Å². The summed E-state index contributed by atoms with van der Waals surface area (Å²) < 4.78 is 5.07. The van der Waals surface area contributed by atoms with Crippen LogP contribution in [0.4, 0.5) is 11.4 Å². The summed E-state index contributed by atoms with van der Waals surface area (Å²) in [4.78, 5) is 29.2. The molecule has 0 radical (unpaired) electrons. The summed E-state index contributed by atoms with van der Waals surface area (Å²) in [5, 5.41) is 6.53. The summed E-state index contributed by atoms with van der Waals surface area (Å²) >= 11 is 1.35. The molecule has 0 aromatic heterocycles. The number of hydrogen-bond acceptors (Lipinski definition) is 6. The number of fused-ring (bicyclic) bond motifs is 1. The summed E-state index contributed by atoms with van der Waals surface area (Å²) in [5.41, 5.74) is 3.29. The predicted molar refractivity (Wildman–Crippen MR) is 122 cm³/mol. The van der Waals surface area contributed by atoms with Crippen LogP contribution in [0.15, 0.2) is 71.4 Å². The minimum atomic E-state index is -0.349. The number of para-hydroxylation sites is 2. The van der Waals surface area contributed by atoms with Crippen LogP contribution in [0.25, 0.3) is 0 Å². The Balaban J connectivity index is 1.71. The number of aliphatic imine (C=N–C) groups is 1. The Morgan fingerprint density at radius 2 is 1.87 bits per heavy atom. The first kappa shape index (κ1) is 21.6. The van der Waals surface area contributed by atoms with E-state index in [0.29, 0.717) is 23.9 Å². The first-order valence-corrected chi connectivity index (χ1v) is 10.7. The van der Waals surface area contributed by atoms with Crippen molar-refractivity contribution in [2.45, 2.75) is 32.1 Å². The Labute approximate surface area is 180 Å². The summed E-state index contributed by atoms with van der Waals surface area (Å²) in [6.45, 7) is 4.43. The van der Waals surface area contributed by atoms with Crippen LogP contribution in [0.3, 0.4) is 0 Å². The van der Waals surface area contributed by atoms with Crippen LogP contribution in [0.2, 0.25) is 0 Å². The molecule has 30 heavy (non-hydrogen) atoms. The van der Waals surface area contributed by atoms with Crippen molar-refractivity contribution in [3.8, 4) is 0 Å². The highest BCUT2D eigenvalue weighted by molar-refractivity contribution is 8.15. The Morgan fingerprint density at radius 1 is 1.13 bits per heavy atom. The smallest absolute Gasteiger partial charge is 0.311 e. The molecule has 0 saturated carbocycles. The average Bonchev–Trinajstić information content (AvgIpc) is 2.91. The second-order valence-electron chi connectivity index (χ2n) is 6.71. The standard InChI is InChI=1S/C23H25N3O3S/c1-3-29-22(27)14-18-13-21(26-20-12-8-7-11-19(20)25-18)30-16(2)23(28)24-15-17-9-5-4-6-10-17/h4-13,16,25H,3,14-15H2,1-2H3,(H,24,28)/t16-/m0/s1. The lowest BCUT2D eigenvalue weighted by atomic mass is 10.2. The fourth-order valence-corrected chi connectivity index (χ4v) is 3.79. The number of nitrogens with zero attached hydrogens (tertiary/aromatic N) is 1. The van der Waals surface area contributed by atoms with Gasteiger partial charge in [0.15, 0.2) is 0 Å². The predicted octanol–water partition coefficient (Wildman–Crippen LogP) is 4.42. The number of rotatable bonds is 7. The molecule has 2 aromatic carbocycles. The largest absolute Gasteiger partial charge is 0.466 e. The van der Waals surface area contributed by atoms with Gasteiger partial charge in [-0.2, -0.15) is 0 Å². The molecule has 0 saturated heterocycles. The third-order valence-corrected chi connectivity index (χ3v) is 5.36. The lowest BCUT2D eigenvalue weighted by Crippen LogP contribution is -2.31. The second-order valence-corrected chi connectivity index (χ2v) is 8.07. The molecule has 0 aliphatic carbocycles. The average molecular weight is 424 g/mol. The highest BCUT2D eigenvalue weighted by Crippen LogP contribution is 2.32. The molecule has 1 amide bonds. The van der Waals surface area contributed by atoms with Gasteiger partial charge in [-0.05, 0) is 37.6 Å². The Hall–Kier alpha value is -3.06.